The second kappa shape index (κ2) is 5.86. The summed E-state index contributed by atoms with van der Waals surface area (Å²) in [6, 6.07) is 7.72. The summed E-state index contributed by atoms with van der Waals surface area (Å²) < 4.78 is 5.42. The van der Waals surface area contributed by atoms with Crippen LogP contribution in [0.3, 0.4) is 0 Å². The van der Waals surface area contributed by atoms with Gasteiger partial charge in [0.05, 0.1) is 11.9 Å². The summed E-state index contributed by atoms with van der Waals surface area (Å²) in [5.41, 5.74) is 1.81. The van der Waals surface area contributed by atoms with Gasteiger partial charge in [-0.3, -0.25) is 9.89 Å². The lowest BCUT2D eigenvalue weighted by molar-refractivity contribution is -0.118. The van der Waals surface area contributed by atoms with Gasteiger partial charge in [0, 0.05) is 6.20 Å². The normalized spacial score (nSPS) is 10.1. The Labute approximate surface area is 105 Å². The van der Waals surface area contributed by atoms with Gasteiger partial charge >= 0.3 is 0 Å². The Balaban J connectivity index is 1.85. The van der Waals surface area contributed by atoms with Crippen LogP contribution in [-0.2, 0) is 11.2 Å². The molecule has 0 fully saturated rings. The zero-order chi connectivity index (χ0) is 12.8. The maximum atomic E-state index is 11.6. The number of H-pyrrole nitrogens is 1. The number of aromatic nitrogens is 2. The number of carbonyl (C=O) groups excluding carboxylic acids is 1. The third kappa shape index (κ3) is 3.35. The quantitative estimate of drug-likeness (QED) is 0.846. The second-order valence-electron chi connectivity index (χ2n) is 3.82. The first-order chi connectivity index (χ1) is 8.78. The number of amides is 1. The van der Waals surface area contributed by atoms with Crippen LogP contribution < -0.4 is 10.1 Å². The van der Waals surface area contributed by atoms with Crippen molar-refractivity contribution >= 4 is 11.6 Å². The van der Waals surface area contributed by atoms with E-state index in [-0.39, 0.29) is 12.5 Å². The van der Waals surface area contributed by atoms with E-state index in [1.807, 2.05) is 24.3 Å². The van der Waals surface area contributed by atoms with Gasteiger partial charge < -0.3 is 10.1 Å². The SMILES string of the molecule is CCc1cccc(OCC(=O)Nc2cn[nH]c2)c1. The standard InChI is InChI=1S/C13H15N3O2/c1-2-10-4-3-5-12(6-10)18-9-13(17)16-11-7-14-15-8-11/h3-8H,2,9H2,1H3,(H,14,15)(H,16,17). The number of nitrogens with one attached hydrogen (secondary N) is 2. The molecular weight excluding hydrogens is 230 g/mol. The monoisotopic (exact) mass is 245 g/mol. The average Bonchev–Trinajstić information content (AvgIpc) is 2.89. The second-order valence-corrected chi connectivity index (χ2v) is 3.82. The number of aromatic amines is 1. The molecule has 2 aromatic rings. The lowest BCUT2D eigenvalue weighted by atomic mass is 10.2. The van der Waals surface area contributed by atoms with Crippen molar-refractivity contribution in [2.75, 3.05) is 11.9 Å². The molecule has 0 aliphatic heterocycles. The summed E-state index contributed by atoms with van der Waals surface area (Å²) in [5.74, 6) is 0.495. The topological polar surface area (TPSA) is 67.0 Å². The van der Waals surface area contributed by atoms with E-state index in [0.717, 1.165) is 6.42 Å². The molecule has 0 atom stereocenters. The minimum Gasteiger partial charge on any atom is -0.484 e. The lowest BCUT2D eigenvalue weighted by Crippen LogP contribution is -2.19. The Kier molecular flexibility index (Phi) is 3.96. The maximum Gasteiger partial charge on any atom is 0.262 e. The predicted octanol–water partition coefficient (Wildman–Crippen LogP) is 1.99. The number of nitrogens with zero attached hydrogens (tertiary/aromatic N) is 1. The molecule has 5 heteroatoms. The van der Waals surface area contributed by atoms with Crippen LogP contribution in [0.15, 0.2) is 36.7 Å². The molecule has 1 aromatic heterocycles. The highest BCUT2D eigenvalue weighted by atomic mass is 16.5. The molecule has 0 radical (unpaired) electrons. The third-order valence-corrected chi connectivity index (χ3v) is 2.46. The number of rotatable bonds is 5. The molecule has 94 valence electrons. The Hall–Kier alpha value is -2.30. The van der Waals surface area contributed by atoms with Crippen molar-refractivity contribution in [3.8, 4) is 5.75 Å². The smallest absolute Gasteiger partial charge is 0.262 e. The van der Waals surface area contributed by atoms with Crippen LogP contribution in [0.1, 0.15) is 12.5 Å². The van der Waals surface area contributed by atoms with Crippen molar-refractivity contribution in [2.45, 2.75) is 13.3 Å². The first kappa shape index (κ1) is 12.2. The maximum absolute atomic E-state index is 11.6. The number of carbonyl (C=O) groups is 1. The van der Waals surface area contributed by atoms with Crippen molar-refractivity contribution in [3.05, 3.63) is 42.2 Å². The van der Waals surface area contributed by atoms with Gasteiger partial charge in [-0.2, -0.15) is 5.10 Å². The summed E-state index contributed by atoms with van der Waals surface area (Å²) in [4.78, 5) is 11.6. The van der Waals surface area contributed by atoms with Crippen molar-refractivity contribution < 1.29 is 9.53 Å². The van der Waals surface area contributed by atoms with Crippen LogP contribution in [-0.4, -0.2) is 22.7 Å². The highest BCUT2D eigenvalue weighted by Crippen LogP contribution is 2.13. The van der Waals surface area contributed by atoms with Gasteiger partial charge in [0.2, 0.25) is 0 Å². The minimum absolute atomic E-state index is 0.0155. The van der Waals surface area contributed by atoms with Gasteiger partial charge in [0.1, 0.15) is 5.75 Å². The van der Waals surface area contributed by atoms with Crippen molar-refractivity contribution in [3.63, 3.8) is 0 Å². The number of hydrogen-bond donors (Lipinski definition) is 2. The largest absolute Gasteiger partial charge is 0.484 e. The van der Waals surface area contributed by atoms with Gasteiger partial charge in [0.25, 0.3) is 5.91 Å². The predicted molar refractivity (Wildman–Crippen MR) is 68.5 cm³/mol. The average molecular weight is 245 g/mol. The summed E-state index contributed by atoms with van der Waals surface area (Å²) >= 11 is 0. The molecule has 1 aromatic carbocycles. The number of ether oxygens (including phenoxy) is 1. The van der Waals surface area contributed by atoms with Crippen LogP contribution in [0.2, 0.25) is 0 Å². The molecule has 0 aliphatic rings. The highest BCUT2D eigenvalue weighted by Gasteiger charge is 2.04. The number of benzene rings is 1. The van der Waals surface area contributed by atoms with Crippen LogP contribution in [0.25, 0.3) is 0 Å². The zero-order valence-electron chi connectivity index (χ0n) is 10.1. The zero-order valence-corrected chi connectivity index (χ0v) is 10.1. The van der Waals surface area contributed by atoms with Gasteiger partial charge in [-0.1, -0.05) is 19.1 Å². The molecule has 0 spiro atoms. The van der Waals surface area contributed by atoms with E-state index in [2.05, 4.69) is 22.4 Å². The van der Waals surface area contributed by atoms with Gasteiger partial charge in [-0.25, -0.2) is 0 Å². The third-order valence-electron chi connectivity index (χ3n) is 2.46. The summed E-state index contributed by atoms with van der Waals surface area (Å²) in [7, 11) is 0. The van der Waals surface area contributed by atoms with Crippen molar-refractivity contribution in [1.82, 2.24) is 10.2 Å². The summed E-state index contributed by atoms with van der Waals surface area (Å²) in [6.07, 6.45) is 4.09. The van der Waals surface area contributed by atoms with Crippen LogP contribution >= 0.6 is 0 Å². The fraction of sp³-hybridized carbons (Fsp3) is 0.231. The molecule has 2 rings (SSSR count). The van der Waals surface area contributed by atoms with Gasteiger partial charge in [-0.15, -0.1) is 0 Å². The molecule has 0 aliphatic carbocycles. The van der Waals surface area contributed by atoms with E-state index in [9.17, 15) is 4.79 Å². The Morgan fingerprint density at radius 2 is 2.39 bits per heavy atom. The van der Waals surface area contributed by atoms with E-state index in [1.165, 1.54) is 11.8 Å². The summed E-state index contributed by atoms with van der Waals surface area (Å²) in [5, 5.41) is 9.02. The van der Waals surface area contributed by atoms with Crippen LogP contribution in [0.5, 0.6) is 5.75 Å². The molecule has 2 N–H and O–H groups in total. The molecule has 0 unspecified atom stereocenters. The number of anilines is 1. The molecule has 5 nitrogen and oxygen atoms in total. The Morgan fingerprint density at radius 1 is 1.50 bits per heavy atom. The minimum atomic E-state index is -0.210. The molecule has 0 saturated heterocycles. The fourth-order valence-electron chi connectivity index (χ4n) is 1.52. The Morgan fingerprint density at radius 3 is 3.11 bits per heavy atom. The molecule has 0 saturated carbocycles. The fourth-order valence-corrected chi connectivity index (χ4v) is 1.52. The van der Waals surface area contributed by atoms with Crippen LogP contribution in [0, 0.1) is 0 Å². The van der Waals surface area contributed by atoms with E-state index in [1.54, 1.807) is 6.20 Å². The number of aryl methyl sites for hydroxylation is 1. The lowest BCUT2D eigenvalue weighted by Gasteiger charge is -2.07. The number of hydrogen-bond acceptors (Lipinski definition) is 3. The van der Waals surface area contributed by atoms with Crippen molar-refractivity contribution in [2.24, 2.45) is 0 Å². The van der Waals surface area contributed by atoms with Crippen molar-refractivity contribution in [1.29, 1.82) is 0 Å². The first-order valence-electron chi connectivity index (χ1n) is 5.78. The van der Waals surface area contributed by atoms with E-state index < -0.39 is 0 Å². The van der Waals surface area contributed by atoms with Gasteiger partial charge in [-0.05, 0) is 24.1 Å². The van der Waals surface area contributed by atoms with E-state index >= 15 is 0 Å². The van der Waals surface area contributed by atoms with E-state index in [0.29, 0.717) is 11.4 Å². The highest BCUT2D eigenvalue weighted by molar-refractivity contribution is 5.91. The Bertz CT molecular complexity index is 509. The molecule has 18 heavy (non-hydrogen) atoms. The van der Waals surface area contributed by atoms with Gasteiger partial charge in [0.15, 0.2) is 6.61 Å². The van der Waals surface area contributed by atoms with Crippen LogP contribution in [0.4, 0.5) is 5.69 Å². The molecule has 1 heterocycles. The molecular formula is C13H15N3O2. The van der Waals surface area contributed by atoms with E-state index in [4.69, 9.17) is 4.74 Å². The first-order valence-corrected chi connectivity index (χ1v) is 5.78. The molecule has 0 bridgehead atoms. The molecule has 1 amide bonds. The summed E-state index contributed by atoms with van der Waals surface area (Å²) in [6.45, 7) is 2.06.